The third-order valence-corrected chi connectivity index (χ3v) is 4.16. The van der Waals surface area contributed by atoms with Gasteiger partial charge in [0.15, 0.2) is 0 Å². The van der Waals surface area contributed by atoms with Crippen molar-refractivity contribution in [3.63, 3.8) is 0 Å². The fraction of sp³-hybridized carbons (Fsp3) is 0.182. The average molecular weight is 286 g/mol. The van der Waals surface area contributed by atoms with Gasteiger partial charge >= 0.3 is 0 Å². The molecule has 0 aliphatic heterocycles. The van der Waals surface area contributed by atoms with Gasteiger partial charge in [0.05, 0.1) is 0 Å². The minimum Gasteiger partial charge on any atom is -0.0919 e. The van der Waals surface area contributed by atoms with Gasteiger partial charge in [-0.15, -0.1) is 0 Å². The summed E-state index contributed by atoms with van der Waals surface area (Å²) < 4.78 is 0. The van der Waals surface area contributed by atoms with Crippen molar-refractivity contribution < 1.29 is 0 Å². The van der Waals surface area contributed by atoms with Gasteiger partial charge in [-0.1, -0.05) is 60.7 Å². The van der Waals surface area contributed by atoms with E-state index in [1.54, 1.807) is 0 Å². The van der Waals surface area contributed by atoms with Crippen molar-refractivity contribution in [3.05, 3.63) is 71.8 Å². The highest BCUT2D eigenvalue weighted by molar-refractivity contribution is 6.23. The maximum absolute atomic E-state index is 2.28. The monoisotopic (exact) mass is 286 g/mol. The van der Waals surface area contributed by atoms with E-state index in [-0.39, 0.29) is 0 Å². The van der Waals surface area contributed by atoms with Crippen molar-refractivity contribution in [3.8, 4) is 0 Å². The van der Waals surface area contributed by atoms with Crippen LogP contribution in [-0.2, 0) is 0 Å². The summed E-state index contributed by atoms with van der Waals surface area (Å²) in [6, 6.07) is 18.1. The molecular formula is C22H22. The van der Waals surface area contributed by atoms with Crippen LogP contribution in [0.4, 0.5) is 0 Å². The Hall–Kier alpha value is -2.34. The van der Waals surface area contributed by atoms with E-state index in [1.165, 1.54) is 43.4 Å². The zero-order valence-electron chi connectivity index (χ0n) is 13.8. The number of hydrogen-bond acceptors (Lipinski definition) is 0. The smallest absolute Gasteiger partial charge is 0.00266 e. The molecule has 22 heavy (non-hydrogen) atoms. The molecule has 0 aliphatic rings. The zero-order chi connectivity index (χ0) is 15.7. The predicted molar refractivity (Wildman–Crippen MR) is 100 cm³/mol. The van der Waals surface area contributed by atoms with Crippen molar-refractivity contribution >= 4 is 32.3 Å². The molecule has 0 N–H and O–H groups in total. The highest BCUT2D eigenvalue weighted by Gasteiger charge is 2.08. The number of aryl methyl sites for hydroxylation is 2. The molecule has 4 aromatic rings. The fourth-order valence-corrected chi connectivity index (χ4v) is 3.15. The molecule has 0 nitrogen and oxygen atoms in total. The lowest BCUT2D eigenvalue weighted by Gasteiger charge is -2.12. The lowest BCUT2D eigenvalue weighted by atomic mass is 9.92. The summed E-state index contributed by atoms with van der Waals surface area (Å²) >= 11 is 0. The normalized spacial score (nSPS) is 11.5. The summed E-state index contributed by atoms with van der Waals surface area (Å²) in [5.74, 6) is 0. The first-order valence-corrected chi connectivity index (χ1v) is 7.87. The second-order valence-corrected chi connectivity index (χ2v) is 5.97. The van der Waals surface area contributed by atoms with Gasteiger partial charge in [0.1, 0.15) is 0 Å². The number of allylic oxidation sites excluding steroid dienone is 2. The van der Waals surface area contributed by atoms with Crippen LogP contribution >= 0.6 is 0 Å². The molecule has 0 radical (unpaired) electrons. The molecule has 0 spiro atoms. The molecule has 0 saturated carbocycles. The van der Waals surface area contributed by atoms with Crippen molar-refractivity contribution in [2.24, 2.45) is 0 Å². The lowest BCUT2D eigenvalue weighted by molar-refractivity contribution is 1.51. The van der Waals surface area contributed by atoms with E-state index in [2.05, 4.69) is 62.4 Å². The molecule has 4 rings (SSSR count). The third-order valence-electron chi connectivity index (χ3n) is 4.16. The van der Waals surface area contributed by atoms with Crippen molar-refractivity contribution in [2.75, 3.05) is 0 Å². The molecule has 0 saturated heterocycles. The summed E-state index contributed by atoms with van der Waals surface area (Å²) in [4.78, 5) is 0. The number of rotatable bonds is 0. The first-order valence-electron chi connectivity index (χ1n) is 7.87. The van der Waals surface area contributed by atoms with Gasteiger partial charge in [-0.2, -0.15) is 0 Å². The average Bonchev–Trinajstić information content (AvgIpc) is 2.52. The molecule has 0 amide bonds. The second kappa shape index (κ2) is 5.81. The Labute approximate surface area is 132 Å². The predicted octanol–water partition coefficient (Wildman–Crippen LogP) is 6.78. The van der Waals surface area contributed by atoms with Crippen molar-refractivity contribution in [2.45, 2.75) is 27.7 Å². The molecule has 0 unspecified atom stereocenters. The minimum absolute atomic E-state index is 1.33. The third kappa shape index (κ3) is 2.46. The van der Waals surface area contributed by atoms with E-state index in [4.69, 9.17) is 0 Å². The Kier molecular flexibility index (Phi) is 3.85. The highest BCUT2D eigenvalue weighted by Crippen LogP contribution is 2.35. The topological polar surface area (TPSA) is 0 Å². The summed E-state index contributed by atoms with van der Waals surface area (Å²) in [7, 11) is 0. The zero-order valence-corrected chi connectivity index (χ0v) is 13.8. The maximum Gasteiger partial charge on any atom is -0.00266 e. The Balaban J connectivity index is 0.000000325. The van der Waals surface area contributed by atoms with Crippen molar-refractivity contribution in [1.29, 1.82) is 0 Å². The molecular weight excluding hydrogens is 264 g/mol. The Bertz CT molecular complexity index is 812. The van der Waals surface area contributed by atoms with E-state index in [1.807, 2.05) is 26.0 Å². The molecule has 0 fully saturated rings. The number of hydrogen-bond donors (Lipinski definition) is 0. The molecule has 0 heterocycles. The van der Waals surface area contributed by atoms with Crippen LogP contribution < -0.4 is 0 Å². The molecule has 0 bridgehead atoms. The number of benzene rings is 4. The minimum atomic E-state index is 1.33. The highest BCUT2D eigenvalue weighted by atomic mass is 14.1. The van der Waals surface area contributed by atoms with Crippen LogP contribution in [0.1, 0.15) is 25.0 Å². The SMILES string of the molecule is CC=CC.Cc1cc2ccc3cc(C)cc4ccc(c1)c2c34. The van der Waals surface area contributed by atoms with Gasteiger partial charge in [0, 0.05) is 0 Å². The Morgan fingerprint density at radius 2 is 0.818 bits per heavy atom. The van der Waals surface area contributed by atoms with Crippen LogP contribution in [0.15, 0.2) is 60.7 Å². The molecule has 110 valence electrons. The van der Waals surface area contributed by atoms with E-state index >= 15 is 0 Å². The Morgan fingerprint density at radius 3 is 1.05 bits per heavy atom. The summed E-state index contributed by atoms with van der Waals surface area (Å²) in [6.45, 7) is 8.33. The molecule has 0 heteroatoms. The van der Waals surface area contributed by atoms with E-state index in [9.17, 15) is 0 Å². The summed E-state index contributed by atoms with van der Waals surface area (Å²) in [5.41, 5.74) is 2.66. The summed E-state index contributed by atoms with van der Waals surface area (Å²) in [6.07, 6.45) is 4.00. The van der Waals surface area contributed by atoms with E-state index < -0.39 is 0 Å². The van der Waals surface area contributed by atoms with Gasteiger partial charge in [-0.3, -0.25) is 0 Å². The Morgan fingerprint density at radius 1 is 0.545 bits per heavy atom. The standard InChI is InChI=1S/C18H14.C4H8/c1-11-7-13-3-5-15-9-12(2)10-16-6-4-14(8-11)17(13)18(15)16;1-3-4-2/h3-10H,1-2H3;3-4H,1-2H3. The molecule has 0 aromatic heterocycles. The van der Waals surface area contributed by atoms with Gasteiger partial charge < -0.3 is 0 Å². The van der Waals surface area contributed by atoms with Crippen LogP contribution in [0.5, 0.6) is 0 Å². The quantitative estimate of drug-likeness (QED) is 0.247. The molecule has 4 aromatic carbocycles. The fourth-order valence-electron chi connectivity index (χ4n) is 3.15. The lowest BCUT2D eigenvalue weighted by Crippen LogP contribution is -1.86. The molecule has 0 aliphatic carbocycles. The van der Waals surface area contributed by atoms with Crippen LogP contribution in [0.25, 0.3) is 32.3 Å². The first kappa shape index (κ1) is 14.6. The van der Waals surface area contributed by atoms with Gasteiger partial charge in [0.2, 0.25) is 0 Å². The van der Waals surface area contributed by atoms with Gasteiger partial charge in [0.25, 0.3) is 0 Å². The maximum atomic E-state index is 2.28. The van der Waals surface area contributed by atoms with E-state index in [0.29, 0.717) is 0 Å². The van der Waals surface area contributed by atoms with Gasteiger partial charge in [-0.05, 0) is 71.1 Å². The van der Waals surface area contributed by atoms with Crippen LogP contribution in [-0.4, -0.2) is 0 Å². The largest absolute Gasteiger partial charge is 0.0919 e. The van der Waals surface area contributed by atoms with E-state index in [0.717, 1.165) is 0 Å². The van der Waals surface area contributed by atoms with Gasteiger partial charge in [-0.25, -0.2) is 0 Å². The molecule has 0 atom stereocenters. The first-order chi connectivity index (χ1) is 10.6. The van der Waals surface area contributed by atoms with Crippen LogP contribution in [0.3, 0.4) is 0 Å². The van der Waals surface area contributed by atoms with Crippen LogP contribution in [0.2, 0.25) is 0 Å². The van der Waals surface area contributed by atoms with Crippen molar-refractivity contribution in [1.82, 2.24) is 0 Å². The van der Waals surface area contributed by atoms with Crippen LogP contribution in [0, 0.1) is 13.8 Å². The summed E-state index contributed by atoms with van der Waals surface area (Å²) in [5, 5.41) is 8.24. The second-order valence-electron chi connectivity index (χ2n) is 5.97.